The van der Waals surface area contributed by atoms with Crippen LogP contribution in [0.5, 0.6) is 0 Å². The van der Waals surface area contributed by atoms with Gasteiger partial charge in [0.25, 0.3) is 0 Å². The summed E-state index contributed by atoms with van der Waals surface area (Å²) >= 11 is 0. The Morgan fingerprint density at radius 1 is 0.794 bits per heavy atom. The molecule has 0 bridgehead atoms. The molecule has 3 heterocycles. The first-order chi connectivity index (χ1) is 16.5. The quantitative estimate of drug-likeness (QED) is 0.294. The van der Waals surface area contributed by atoms with Crippen molar-refractivity contribution in [2.45, 2.75) is 107 Å². The van der Waals surface area contributed by atoms with Gasteiger partial charge in [0.2, 0.25) is 0 Å². The van der Waals surface area contributed by atoms with E-state index in [0.717, 1.165) is 56.9 Å². The van der Waals surface area contributed by atoms with Gasteiger partial charge >= 0.3 is 14.5 Å². The molecule has 1 N–H and O–H groups in total. The summed E-state index contributed by atoms with van der Waals surface area (Å²) in [6.07, 6.45) is 13.9. The highest BCUT2D eigenvalue weighted by atomic mass is 28.4. The van der Waals surface area contributed by atoms with Crippen molar-refractivity contribution in [3.63, 3.8) is 0 Å². The van der Waals surface area contributed by atoms with E-state index in [1.165, 1.54) is 19.3 Å². The largest absolute Gasteiger partial charge is 0.465 e. The van der Waals surface area contributed by atoms with E-state index >= 15 is 0 Å². The maximum atomic E-state index is 12.0. The number of epoxide rings is 3. The number of rotatable bonds is 9. The monoisotopic (exact) mass is 498 g/mol. The fourth-order valence-electron chi connectivity index (χ4n) is 6.24. The molecule has 0 radical (unpaired) electrons. The Kier molecular flexibility index (Phi) is 7.99. The number of aliphatic hydroxyl groups excluding tert-OH is 1. The number of fused-ring (bicyclic) bond motifs is 3. The van der Waals surface area contributed by atoms with Crippen LogP contribution in [0.15, 0.2) is 0 Å². The zero-order valence-corrected chi connectivity index (χ0v) is 21.7. The fraction of sp³-hybridized carbons (Fsp3) is 0.960. The van der Waals surface area contributed by atoms with E-state index in [1.807, 2.05) is 0 Å². The maximum absolute atomic E-state index is 12.0. The lowest BCUT2D eigenvalue weighted by molar-refractivity contribution is -0.151. The lowest BCUT2D eigenvalue weighted by Gasteiger charge is -2.27. The summed E-state index contributed by atoms with van der Waals surface area (Å²) in [6.45, 7) is 0.594. The first-order valence-electron chi connectivity index (χ1n) is 13.4. The Morgan fingerprint density at radius 2 is 1.35 bits per heavy atom. The third kappa shape index (κ3) is 6.22. The highest BCUT2D eigenvalue weighted by molar-refractivity contribution is 6.67. The lowest BCUT2D eigenvalue weighted by atomic mass is 9.88. The molecular formula is C25H42O8Si. The van der Waals surface area contributed by atoms with E-state index in [9.17, 15) is 9.90 Å². The topological polar surface area (TPSA) is 103 Å². The number of carbonyl (C=O) groups excluding carboxylic acids is 1. The molecule has 8 nitrogen and oxygen atoms in total. The Hall–Kier alpha value is -0.553. The summed E-state index contributed by atoms with van der Waals surface area (Å²) in [6, 6.07) is 0.887. The average Bonchev–Trinajstić information content (AvgIpc) is 3.76. The Bertz CT molecular complexity index is 694. The summed E-state index contributed by atoms with van der Waals surface area (Å²) in [5.41, 5.74) is 0. The predicted octanol–water partition coefficient (Wildman–Crippen LogP) is 2.88. The van der Waals surface area contributed by atoms with E-state index in [-0.39, 0.29) is 18.1 Å². The third-order valence-electron chi connectivity index (χ3n) is 8.94. The Morgan fingerprint density at radius 3 is 1.91 bits per heavy atom. The number of carbonyl (C=O) groups is 1. The van der Waals surface area contributed by atoms with Crippen molar-refractivity contribution >= 4 is 14.5 Å². The minimum Gasteiger partial charge on any atom is -0.465 e. The number of hydrogen-bond acceptors (Lipinski definition) is 8. The van der Waals surface area contributed by atoms with Crippen molar-refractivity contribution in [2.24, 2.45) is 17.8 Å². The van der Waals surface area contributed by atoms with Crippen molar-refractivity contribution < 1.29 is 37.7 Å². The second-order valence-corrected chi connectivity index (χ2v) is 14.6. The van der Waals surface area contributed by atoms with Gasteiger partial charge in [-0.05, 0) is 82.1 Å². The van der Waals surface area contributed by atoms with Crippen LogP contribution in [-0.2, 0) is 32.6 Å². The van der Waals surface area contributed by atoms with Crippen LogP contribution in [0, 0.1) is 17.8 Å². The number of esters is 1. The molecule has 6 aliphatic rings. The molecule has 6 rings (SSSR count). The van der Waals surface area contributed by atoms with Crippen LogP contribution in [0.3, 0.4) is 0 Å². The first-order valence-corrected chi connectivity index (χ1v) is 15.6. The van der Waals surface area contributed by atoms with Crippen molar-refractivity contribution in [1.29, 1.82) is 0 Å². The second kappa shape index (κ2) is 10.8. The van der Waals surface area contributed by atoms with Crippen LogP contribution in [-0.4, -0.2) is 83.3 Å². The molecule has 0 aromatic heterocycles. The van der Waals surface area contributed by atoms with Gasteiger partial charge in [-0.2, -0.15) is 0 Å². The molecule has 9 unspecified atom stereocenters. The second-order valence-electron chi connectivity index (χ2n) is 11.2. The van der Waals surface area contributed by atoms with Gasteiger partial charge < -0.3 is 32.9 Å². The van der Waals surface area contributed by atoms with E-state index in [0.29, 0.717) is 49.1 Å². The molecule has 194 valence electrons. The fourth-order valence-corrected chi connectivity index (χ4v) is 8.08. The van der Waals surface area contributed by atoms with Crippen LogP contribution in [0.4, 0.5) is 0 Å². The van der Waals surface area contributed by atoms with E-state index in [2.05, 4.69) is 0 Å². The smallest absolute Gasteiger partial charge is 0.363 e. The molecule has 3 aliphatic carbocycles. The minimum atomic E-state index is -2.30. The third-order valence-corrected chi connectivity index (χ3v) is 12.0. The normalized spacial score (nSPS) is 41.7. The molecule has 6 fully saturated rings. The van der Waals surface area contributed by atoms with Gasteiger partial charge in [-0.3, -0.25) is 4.79 Å². The highest BCUT2D eigenvalue weighted by Crippen LogP contribution is 2.42. The van der Waals surface area contributed by atoms with Gasteiger partial charge in [0, 0.05) is 14.2 Å². The lowest BCUT2D eigenvalue weighted by Crippen LogP contribution is -2.45. The maximum Gasteiger partial charge on any atom is 0.363 e. The van der Waals surface area contributed by atoms with E-state index in [1.54, 1.807) is 14.2 Å². The summed E-state index contributed by atoms with van der Waals surface area (Å²) < 4.78 is 32.8. The van der Waals surface area contributed by atoms with Crippen LogP contribution in [0.1, 0.15) is 64.2 Å². The van der Waals surface area contributed by atoms with Gasteiger partial charge in [0.1, 0.15) is 0 Å². The molecule has 0 aromatic carbocycles. The van der Waals surface area contributed by atoms with Crippen molar-refractivity contribution in [1.82, 2.24) is 0 Å². The molecule has 3 saturated carbocycles. The van der Waals surface area contributed by atoms with Gasteiger partial charge in [-0.1, -0.05) is 0 Å². The number of ether oxygens (including phenoxy) is 4. The molecule has 34 heavy (non-hydrogen) atoms. The first kappa shape index (κ1) is 25.1. The van der Waals surface area contributed by atoms with Crippen molar-refractivity contribution in [3.8, 4) is 0 Å². The number of hydrogen-bond donors (Lipinski definition) is 1. The standard InChI is InChI=1S/C14H20O4.C11H22O4Si/c15-14(9-2-4-11-13(6-9)18-11)16-7-8-1-3-10-12(5-8)17-10;1-13-16(8-12,14-2)6-5-9-3-4-10-11(7-9)15-10/h8-13H,1-7H2;9-12H,3-8H2,1-2H3. The zero-order valence-electron chi connectivity index (χ0n) is 20.7. The summed E-state index contributed by atoms with van der Waals surface area (Å²) in [5, 5.41) is 9.35. The molecule has 9 atom stereocenters. The van der Waals surface area contributed by atoms with E-state index in [4.69, 9.17) is 27.8 Å². The van der Waals surface area contributed by atoms with Gasteiger partial charge in [-0.15, -0.1) is 0 Å². The van der Waals surface area contributed by atoms with E-state index < -0.39 is 8.56 Å². The molecule has 0 spiro atoms. The minimum absolute atomic E-state index is 0.00258. The van der Waals surface area contributed by atoms with Gasteiger partial charge in [0.15, 0.2) is 0 Å². The van der Waals surface area contributed by atoms with Crippen molar-refractivity contribution in [2.75, 3.05) is 27.1 Å². The molecule has 0 aromatic rings. The predicted molar refractivity (Wildman–Crippen MR) is 125 cm³/mol. The summed E-state index contributed by atoms with van der Waals surface area (Å²) in [7, 11) is 0.996. The number of aliphatic hydroxyl groups is 1. The van der Waals surface area contributed by atoms with Gasteiger partial charge in [-0.25, -0.2) is 0 Å². The van der Waals surface area contributed by atoms with Crippen LogP contribution in [0.2, 0.25) is 6.04 Å². The highest BCUT2D eigenvalue weighted by Gasteiger charge is 2.47. The zero-order chi connectivity index (χ0) is 23.7. The summed E-state index contributed by atoms with van der Waals surface area (Å²) in [4.78, 5) is 12.0. The molecule has 9 heteroatoms. The van der Waals surface area contributed by atoms with Gasteiger partial charge in [0.05, 0.1) is 55.4 Å². The van der Waals surface area contributed by atoms with Crippen LogP contribution < -0.4 is 0 Å². The molecular weight excluding hydrogens is 456 g/mol. The Labute approximate surface area is 204 Å². The van der Waals surface area contributed by atoms with Crippen molar-refractivity contribution in [3.05, 3.63) is 0 Å². The SMILES string of the molecule is CO[Si](CO)(CCC1CCC2OC2C1)OC.O=C(OCC1CCC2OC2C1)C1CCC2OC2C1. The van der Waals surface area contributed by atoms with Crippen LogP contribution in [0.25, 0.3) is 0 Å². The molecule has 3 saturated heterocycles. The summed E-state index contributed by atoms with van der Waals surface area (Å²) in [5.74, 6) is 1.34. The molecule has 3 aliphatic heterocycles. The van der Waals surface area contributed by atoms with Crippen LogP contribution >= 0.6 is 0 Å². The molecule has 0 amide bonds. The average molecular weight is 499 g/mol. The Balaban J connectivity index is 0.000000143.